The van der Waals surface area contributed by atoms with E-state index in [2.05, 4.69) is 5.32 Å². The molecule has 0 aliphatic rings. The Hall–Kier alpha value is -0.150. The lowest BCUT2D eigenvalue weighted by atomic mass is 10.3. The summed E-state index contributed by atoms with van der Waals surface area (Å²) < 4.78 is 5.52. The van der Waals surface area contributed by atoms with E-state index < -0.39 is 0 Å². The number of benzene rings is 1. The molecule has 1 aromatic rings. The zero-order valence-corrected chi connectivity index (χ0v) is 11.3. The highest BCUT2D eigenvalue weighted by molar-refractivity contribution is 6.40. The Morgan fingerprint density at radius 1 is 1.12 bits per heavy atom. The van der Waals surface area contributed by atoms with E-state index >= 15 is 0 Å². The molecule has 0 amide bonds. The lowest BCUT2D eigenvalue weighted by Gasteiger charge is -2.10. The second-order valence-electron chi connectivity index (χ2n) is 3.36. The second-order valence-corrected chi connectivity index (χ2v) is 4.61. The van der Waals surface area contributed by atoms with Crippen LogP contribution in [0.4, 0.5) is 0 Å². The zero-order chi connectivity index (χ0) is 12.0. The van der Waals surface area contributed by atoms with Crippen molar-refractivity contribution in [3.8, 4) is 5.75 Å². The topological polar surface area (TPSA) is 21.3 Å². The second kappa shape index (κ2) is 7.23. The fraction of sp³-hybridized carbons (Fsp3) is 0.455. The van der Waals surface area contributed by atoms with Crippen LogP contribution in [0.15, 0.2) is 12.1 Å². The van der Waals surface area contributed by atoms with Gasteiger partial charge in [-0.1, -0.05) is 34.8 Å². The van der Waals surface area contributed by atoms with E-state index in [0.717, 1.165) is 19.4 Å². The number of nitrogens with one attached hydrogen (secondary N) is 1. The van der Waals surface area contributed by atoms with Crippen LogP contribution < -0.4 is 10.1 Å². The van der Waals surface area contributed by atoms with Gasteiger partial charge in [0.05, 0.1) is 16.7 Å². The largest absolute Gasteiger partial charge is 0.490 e. The molecule has 1 aromatic carbocycles. The molecule has 90 valence electrons. The average molecular weight is 283 g/mol. The molecule has 0 fully saturated rings. The van der Waals surface area contributed by atoms with Crippen molar-refractivity contribution in [2.75, 3.05) is 20.2 Å². The molecule has 1 N–H and O–H groups in total. The molecule has 0 saturated carbocycles. The van der Waals surface area contributed by atoms with Crippen molar-refractivity contribution in [1.29, 1.82) is 0 Å². The van der Waals surface area contributed by atoms with Crippen molar-refractivity contribution in [3.05, 3.63) is 27.2 Å². The summed E-state index contributed by atoms with van der Waals surface area (Å²) in [6, 6.07) is 3.25. The molecular formula is C11H14Cl3NO. The highest BCUT2D eigenvalue weighted by Gasteiger charge is 2.08. The average Bonchev–Trinajstić information content (AvgIpc) is 2.20. The summed E-state index contributed by atoms with van der Waals surface area (Å²) in [5, 5.41) is 4.48. The highest BCUT2D eigenvalue weighted by Crippen LogP contribution is 2.35. The van der Waals surface area contributed by atoms with Gasteiger partial charge in [0.1, 0.15) is 0 Å². The SMILES string of the molecule is CNCCCCOc1c(Cl)cc(Cl)cc1Cl. The first-order valence-electron chi connectivity index (χ1n) is 5.07. The molecule has 0 heterocycles. The van der Waals surface area contributed by atoms with E-state index in [9.17, 15) is 0 Å². The van der Waals surface area contributed by atoms with Crippen LogP contribution >= 0.6 is 34.8 Å². The summed E-state index contributed by atoms with van der Waals surface area (Å²) in [4.78, 5) is 0. The molecule has 0 atom stereocenters. The van der Waals surface area contributed by atoms with Crippen molar-refractivity contribution in [1.82, 2.24) is 5.32 Å². The molecule has 0 unspecified atom stereocenters. The Labute approximate surface area is 111 Å². The maximum Gasteiger partial charge on any atom is 0.156 e. The minimum atomic E-state index is 0.450. The van der Waals surface area contributed by atoms with Crippen LogP contribution in [0.5, 0.6) is 5.75 Å². The fourth-order valence-electron chi connectivity index (χ4n) is 1.24. The molecule has 0 saturated heterocycles. The van der Waals surface area contributed by atoms with Gasteiger partial charge in [0, 0.05) is 5.02 Å². The van der Waals surface area contributed by atoms with E-state index in [-0.39, 0.29) is 0 Å². The predicted molar refractivity (Wildman–Crippen MR) is 70.1 cm³/mol. The van der Waals surface area contributed by atoms with E-state index in [1.807, 2.05) is 7.05 Å². The predicted octanol–water partition coefficient (Wildman–Crippen LogP) is 4.03. The summed E-state index contributed by atoms with van der Waals surface area (Å²) >= 11 is 17.7. The minimum absolute atomic E-state index is 0.450. The standard InChI is InChI=1S/C11H14Cl3NO/c1-15-4-2-3-5-16-11-9(13)6-8(12)7-10(11)14/h6-7,15H,2-5H2,1H3. The van der Waals surface area contributed by atoms with Gasteiger partial charge >= 0.3 is 0 Å². The van der Waals surface area contributed by atoms with Gasteiger partial charge in [-0.25, -0.2) is 0 Å². The normalized spacial score (nSPS) is 10.5. The number of rotatable bonds is 6. The number of unbranched alkanes of at least 4 members (excludes halogenated alkanes) is 1. The molecule has 5 heteroatoms. The molecule has 0 aliphatic carbocycles. The van der Waals surface area contributed by atoms with Crippen molar-refractivity contribution in [2.24, 2.45) is 0 Å². The van der Waals surface area contributed by atoms with Gasteiger partial charge in [-0.15, -0.1) is 0 Å². The Morgan fingerprint density at radius 2 is 1.75 bits per heavy atom. The van der Waals surface area contributed by atoms with E-state index in [0.29, 0.717) is 27.4 Å². The van der Waals surface area contributed by atoms with Crippen LogP contribution in [0.1, 0.15) is 12.8 Å². The van der Waals surface area contributed by atoms with Gasteiger partial charge in [-0.05, 0) is 38.6 Å². The van der Waals surface area contributed by atoms with E-state index in [4.69, 9.17) is 39.5 Å². The van der Waals surface area contributed by atoms with Gasteiger partial charge in [0.15, 0.2) is 5.75 Å². The summed E-state index contributed by atoms with van der Waals surface area (Å²) in [6.45, 7) is 1.58. The minimum Gasteiger partial charge on any atom is -0.490 e. The number of ether oxygens (including phenoxy) is 1. The van der Waals surface area contributed by atoms with Crippen molar-refractivity contribution in [3.63, 3.8) is 0 Å². The molecule has 2 nitrogen and oxygen atoms in total. The van der Waals surface area contributed by atoms with Crippen LogP contribution in [0.2, 0.25) is 15.1 Å². The summed E-state index contributed by atoms with van der Waals surface area (Å²) in [5.74, 6) is 0.511. The zero-order valence-electron chi connectivity index (χ0n) is 9.03. The molecule has 0 radical (unpaired) electrons. The van der Waals surface area contributed by atoms with E-state index in [1.54, 1.807) is 12.1 Å². The third-order valence-electron chi connectivity index (χ3n) is 2.03. The Morgan fingerprint density at radius 3 is 2.31 bits per heavy atom. The Kier molecular flexibility index (Phi) is 6.29. The lowest BCUT2D eigenvalue weighted by molar-refractivity contribution is 0.307. The van der Waals surface area contributed by atoms with Crippen molar-refractivity contribution < 1.29 is 4.74 Å². The number of hydrogen-bond acceptors (Lipinski definition) is 2. The third kappa shape index (κ3) is 4.38. The maximum absolute atomic E-state index is 5.97. The highest BCUT2D eigenvalue weighted by atomic mass is 35.5. The van der Waals surface area contributed by atoms with Gasteiger partial charge in [-0.3, -0.25) is 0 Å². The first-order chi connectivity index (χ1) is 7.65. The van der Waals surface area contributed by atoms with Gasteiger partial charge < -0.3 is 10.1 Å². The van der Waals surface area contributed by atoms with Crippen LogP contribution in [0.3, 0.4) is 0 Å². The van der Waals surface area contributed by atoms with Crippen LogP contribution in [-0.4, -0.2) is 20.2 Å². The van der Waals surface area contributed by atoms with Gasteiger partial charge in [0.2, 0.25) is 0 Å². The molecule has 1 rings (SSSR count). The lowest BCUT2D eigenvalue weighted by Crippen LogP contribution is -2.09. The molecular weight excluding hydrogens is 268 g/mol. The molecule has 16 heavy (non-hydrogen) atoms. The van der Waals surface area contributed by atoms with E-state index in [1.165, 1.54) is 0 Å². The summed E-state index contributed by atoms with van der Waals surface area (Å²) in [6.07, 6.45) is 2.01. The van der Waals surface area contributed by atoms with Crippen LogP contribution in [-0.2, 0) is 0 Å². The van der Waals surface area contributed by atoms with Crippen molar-refractivity contribution >= 4 is 34.8 Å². The van der Waals surface area contributed by atoms with Crippen LogP contribution in [0, 0.1) is 0 Å². The summed E-state index contributed by atoms with van der Waals surface area (Å²) in [5.41, 5.74) is 0. The number of hydrogen-bond donors (Lipinski definition) is 1. The molecule has 0 aromatic heterocycles. The Bertz CT molecular complexity index is 321. The third-order valence-corrected chi connectivity index (χ3v) is 2.81. The van der Waals surface area contributed by atoms with Gasteiger partial charge in [0.25, 0.3) is 0 Å². The molecule has 0 spiro atoms. The first kappa shape index (κ1) is 13.9. The first-order valence-corrected chi connectivity index (χ1v) is 6.20. The number of halogens is 3. The smallest absolute Gasteiger partial charge is 0.156 e. The summed E-state index contributed by atoms with van der Waals surface area (Å²) in [7, 11) is 1.92. The molecule has 0 aliphatic heterocycles. The van der Waals surface area contributed by atoms with Crippen molar-refractivity contribution in [2.45, 2.75) is 12.8 Å². The quantitative estimate of drug-likeness (QED) is 0.796. The Balaban J connectivity index is 2.47. The van der Waals surface area contributed by atoms with Gasteiger partial charge in [-0.2, -0.15) is 0 Å². The maximum atomic E-state index is 5.97. The molecule has 0 bridgehead atoms. The fourth-order valence-corrected chi connectivity index (χ4v) is 2.17. The monoisotopic (exact) mass is 281 g/mol. The van der Waals surface area contributed by atoms with Crippen LogP contribution in [0.25, 0.3) is 0 Å².